The van der Waals surface area contributed by atoms with Crippen LogP contribution in [-0.2, 0) is 5.04 Å². The Kier molecular flexibility index (Phi) is 5.90. The number of benzene rings is 4. The molecular weight excluding hydrogens is 368 g/mol. The highest BCUT2D eigenvalue weighted by Gasteiger charge is 2.04. The molecule has 0 aliphatic heterocycles. The second-order valence-corrected chi connectivity index (χ2v) is 6.01. The summed E-state index contributed by atoms with van der Waals surface area (Å²) in [6.45, 7) is 0. The first-order valence-corrected chi connectivity index (χ1v) is 9.02. The maximum Gasteiger partial charge on any atom is 0.173 e. The monoisotopic (exact) mass is 386 g/mol. The summed E-state index contributed by atoms with van der Waals surface area (Å²) in [5.74, 6) is 3.59. The summed E-state index contributed by atoms with van der Waals surface area (Å²) < 4.78 is 11.5. The van der Waals surface area contributed by atoms with Crippen LogP contribution in [-0.4, -0.2) is 0 Å². The van der Waals surface area contributed by atoms with Gasteiger partial charge in [-0.3, -0.25) is 9.78 Å². The molecule has 4 aromatic carbocycles. The maximum atomic E-state index is 5.76. The van der Waals surface area contributed by atoms with Crippen LogP contribution >= 0.6 is 0 Å². The highest BCUT2D eigenvalue weighted by Crippen LogP contribution is 2.27. The molecule has 0 aliphatic rings. The molecule has 0 N–H and O–H groups in total. The number of ether oxygens (including phenoxy) is 2. The third-order valence-corrected chi connectivity index (χ3v) is 3.83. The molecule has 5 heteroatoms. The minimum Gasteiger partial charge on any atom is -0.457 e. The zero-order valence-corrected chi connectivity index (χ0v) is 15.4. The summed E-state index contributed by atoms with van der Waals surface area (Å²) in [4.78, 5) is 10.4. The van der Waals surface area contributed by atoms with Crippen LogP contribution in [0.5, 0.6) is 34.5 Å². The third-order valence-electron chi connectivity index (χ3n) is 3.83. The molecule has 4 rings (SSSR count). The molecule has 0 bridgehead atoms. The Bertz CT molecular complexity index is 950. The lowest BCUT2D eigenvalue weighted by Crippen LogP contribution is -2.02. The van der Waals surface area contributed by atoms with Crippen molar-refractivity contribution >= 4 is 0 Å². The van der Waals surface area contributed by atoms with Crippen LogP contribution in [0.3, 0.4) is 0 Å². The van der Waals surface area contributed by atoms with Crippen molar-refractivity contribution in [3.63, 3.8) is 0 Å². The SMILES string of the molecule is c1ccc(Oc2cccc(OOOc3cccc(Oc4ccccc4)c3)c2)cc1. The molecule has 0 spiro atoms. The molecule has 5 nitrogen and oxygen atoms in total. The van der Waals surface area contributed by atoms with Gasteiger partial charge in [-0.1, -0.05) is 48.5 Å². The van der Waals surface area contributed by atoms with E-state index in [0.29, 0.717) is 23.0 Å². The molecule has 0 radical (unpaired) electrons. The third kappa shape index (κ3) is 5.51. The zero-order valence-electron chi connectivity index (χ0n) is 15.4. The van der Waals surface area contributed by atoms with E-state index in [1.54, 1.807) is 36.4 Å². The van der Waals surface area contributed by atoms with E-state index in [9.17, 15) is 0 Å². The molecular formula is C24H18O5. The Hall–Kier alpha value is -3.96. The zero-order chi connectivity index (χ0) is 19.7. The van der Waals surface area contributed by atoms with E-state index < -0.39 is 0 Å². The Morgan fingerprint density at radius 1 is 0.345 bits per heavy atom. The van der Waals surface area contributed by atoms with Crippen LogP contribution in [0.1, 0.15) is 0 Å². The lowest BCUT2D eigenvalue weighted by Gasteiger charge is -2.09. The van der Waals surface area contributed by atoms with Crippen LogP contribution in [0, 0.1) is 0 Å². The Balaban J connectivity index is 1.32. The van der Waals surface area contributed by atoms with Gasteiger partial charge < -0.3 is 9.47 Å². The predicted octanol–water partition coefficient (Wildman–Crippen LogP) is 6.58. The van der Waals surface area contributed by atoms with Crippen LogP contribution in [0.2, 0.25) is 0 Å². The summed E-state index contributed by atoms with van der Waals surface area (Å²) in [5, 5.41) is 4.91. The first-order valence-electron chi connectivity index (χ1n) is 9.02. The van der Waals surface area contributed by atoms with E-state index in [1.165, 1.54) is 0 Å². The molecule has 0 atom stereocenters. The van der Waals surface area contributed by atoms with Crippen molar-refractivity contribution in [1.29, 1.82) is 0 Å². The Morgan fingerprint density at radius 3 is 1.17 bits per heavy atom. The van der Waals surface area contributed by atoms with Gasteiger partial charge in [0.05, 0.1) is 0 Å². The van der Waals surface area contributed by atoms with Gasteiger partial charge in [0.25, 0.3) is 0 Å². The molecule has 29 heavy (non-hydrogen) atoms. The van der Waals surface area contributed by atoms with Gasteiger partial charge >= 0.3 is 0 Å². The van der Waals surface area contributed by atoms with Gasteiger partial charge in [-0.15, -0.1) is 0 Å². The fourth-order valence-corrected chi connectivity index (χ4v) is 2.52. The number of hydrogen-bond donors (Lipinski definition) is 0. The second-order valence-electron chi connectivity index (χ2n) is 6.01. The first kappa shape index (κ1) is 18.4. The predicted molar refractivity (Wildman–Crippen MR) is 108 cm³/mol. The van der Waals surface area contributed by atoms with Crippen molar-refractivity contribution < 1.29 is 24.3 Å². The summed E-state index contributed by atoms with van der Waals surface area (Å²) >= 11 is 0. The largest absolute Gasteiger partial charge is 0.457 e. The van der Waals surface area contributed by atoms with Crippen molar-refractivity contribution in [2.24, 2.45) is 0 Å². The summed E-state index contributed by atoms with van der Waals surface area (Å²) in [7, 11) is 0. The molecule has 0 saturated carbocycles. The van der Waals surface area contributed by atoms with Crippen molar-refractivity contribution in [1.82, 2.24) is 0 Å². The van der Waals surface area contributed by atoms with Crippen molar-refractivity contribution in [2.75, 3.05) is 0 Å². The van der Waals surface area contributed by atoms with E-state index in [0.717, 1.165) is 11.5 Å². The second kappa shape index (κ2) is 9.30. The van der Waals surface area contributed by atoms with E-state index in [4.69, 9.17) is 24.3 Å². The number of hydrogen-bond acceptors (Lipinski definition) is 5. The Morgan fingerprint density at radius 2 is 0.724 bits per heavy atom. The van der Waals surface area contributed by atoms with E-state index >= 15 is 0 Å². The molecule has 0 unspecified atom stereocenters. The number of para-hydroxylation sites is 2. The van der Waals surface area contributed by atoms with Gasteiger partial charge in [-0.05, 0) is 48.5 Å². The summed E-state index contributed by atoms with van der Waals surface area (Å²) in [6.07, 6.45) is 0. The van der Waals surface area contributed by atoms with Gasteiger partial charge in [0, 0.05) is 17.2 Å². The smallest absolute Gasteiger partial charge is 0.173 e. The first-order chi connectivity index (χ1) is 14.3. The van der Waals surface area contributed by atoms with E-state index in [2.05, 4.69) is 0 Å². The Labute approximate surface area is 168 Å². The van der Waals surface area contributed by atoms with Crippen LogP contribution in [0.25, 0.3) is 0 Å². The van der Waals surface area contributed by atoms with Gasteiger partial charge in [-0.25, -0.2) is 0 Å². The lowest BCUT2D eigenvalue weighted by atomic mass is 10.3. The minimum absolute atomic E-state index is 0.440. The minimum atomic E-state index is 0.440. The van der Waals surface area contributed by atoms with Crippen LogP contribution < -0.4 is 19.2 Å². The normalized spacial score (nSPS) is 10.2. The molecule has 0 aliphatic carbocycles. The van der Waals surface area contributed by atoms with E-state index in [-0.39, 0.29) is 0 Å². The van der Waals surface area contributed by atoms with Gasteiger partial charge in [0.1, 0.15) is 23.0 Å². The lowest BCUT2D eigenvalue weighted by molar-refractivity contribution is -0.411. The summed E-state index contributed by atoms with van der Waals surface area (Å²) in [5.41, 5.74) is 0. The molecule has 144 valence electrons. The van der Waals surface area contributed by atoms with Crippen molar-refractivity contribution in [3.8, 4) is 34.5 Å². The van der Waals surface area contributed by atoms with Crippen molar-refractivity contribution in [3.05, 3.63) is 109 Å². The molecule has 0 fully saturated rings. The molecule has 0 heterocycles. The molecule has 4 aromatic rings. The fraction of sp³-hybridized carbons (Fsp3) is 0. The van der Waals surface area contributed by atoms with Crippen molar-refractivity contribution in [2.45, 2.75) is 0 Å². The average molecular weight is 386 g/mol. The average Bonchev–Trinajstić information content (AvgIpc) is 2.76. The van der Waals surface area contributed by atoms with Gasteiger partial charge in [-0.2, -0.15) is 0 Å². The summed E-state index contributed by atoms with van der Waals surface area (Å²) in [6, 6.07) is 33.1. The topological polar surface area (TPSA) is 46.2 Å². The fourth-order valence-electron chi connectivity index (χ4n) is 2.52. The van der Waals surface area contributed by atoms with Crippen LogP contribution in [0.4, 0.5) is 0 Å². The quantitative estimate of drug-likeness (QED) is 0.253. The van der Waals surface area contributed by atoms with Crippen LogP contribution in [0.15, 0.2) is 109 Å². The van der Waals surface area contributed by atoms with E-state index in [1.807, 2.05) is 72.8 Å². The standard InChI is InChI=1S/C24H18O5/c1-3-9-19(10-4-1)25-21-13-7-15-23(17-21)27-29-28-24-16-8-14-22(18-24)26-20-11-5-2-6-12-20/h1-18H. The van der Waals surface area contributed by atoms with Gasteiger partial charge in [0.15, 0.2) is 11.5 Å². The highest BCUT2D eigenvalue weighted by atomic mass is 17.5. The maximum absolute atomic E-state index is 5.76. The molecule has 0 amide bonds. The molecule has 0 aromatic heterocycles. The van der Waals surface area contributed by atoms with Gasteiger partial charge in [0.2, 0.25) is 0 Å². The highest BCUT2D eigenvalue weighted by molar-refractivity contribution is 5.37. The molecule has 0 saturated heterocycles. The number of rotatable bonds is 8.